The Kier molecular flexibility index (Phi) is 6.14. The van der Waals surface area contributed by atoms with Crippen LogP contribution in [0.1, 0.15) is 25.5 Å². The molecule has 1 atom stereocenters. The molecule has 0 radical (unpaired) electrons. The minimum absolute atomic E-state index is 0. The summed E-state index contributed by atoms with van der Waals surface area (Å²) in [6, 6.07) is 6.35. The van der Waals surface area contributed by atoms with Crippen LogP contribution in [0, 0.1) is 5.41 Å². The Morgan fingerprint density at radius 1 is 1.17 bits per heavy atom. The van der Waals surface area contributed by atoms with Crippen molar-refractivity contribution >= 4 is 12.4 Å². The first kappa shape index (κ1) is 18.3. The maximum absolute atomic E-state index is 9.90. The van der Waals surface area contributed by atoms with Crippen molar-refractivity contribution < 1.29 is 14.6 Å². The molecule has 1 fully saturated rings. The average Bonchev–Trinajstić information content (AvgIpc) is 2.56. The van der Waals surface area contributed by atoms with Crippen LogP contribution in [-0.4, -0.2) is 56.0 Å². The van der Waals surface area contributed by atoms with Gasteiger partial charge in [0, 0.05) is 44.2 Å². The maximum atomic E-state index is 9.90. The summed E-state index contributed by atoms with van der Waals surface area (Å²) in [4.78, 5) is 2.46. The lowest BCUT2D eigenvalue weighted by molar-refractivity contribution is 0.0302. The highest BCUT2D eigenvalue weighted by Crippen LogP contribution is 2.41. The summed E-state index contributed by atoms with van der Waals surface area (Å²) in [6.45, 7) is 9.55. The number of benzene rings is 1. The zero-order chi connectivity index (χ0) is 15.6. The largest absolute Gasteiger partial charge is 0.486 e. The number of piperazine rings is 1. The fourth-order valence-corrected chi connectivity index (χ4v) is 3.41. The number of nitrogens with one attached hydrogen (secondary N) is 1. The van der Waals surface area contributed by atoms with E-state index in [-0.39, 0.29) is 30.5 Å². The van der Waals surface area contributed by atoms with Crippen molar-refractivity contribution in [2.24, 2.45) is 5.41 Å². The van der Waals surface area contributed by atoms with Gasteiger partial charge >= 0.3 is 0 Å². The second kappa shape index (κ2) is 7.71. The summed E-state index contributed by atoms with van der Waals surface area (Å²) in [6.07, 6.45) is 0. The summed E-state index contributed by atoms with van der Waals surface area (Å²) in [5.41, 5.74) is 0.964. The van der Waals surface area contributed by atoms with Crippen molar-refractivity contribution in [1.29, 1.82) is 0 Å². The number of nitrogens with zero attached hydrogens (tertiary/aromatic N) is 1. The van der Waals surface area contributed by atoms with Gasteiger partial charge in [0.1, 0.15) is 13.2 Å². The standard InChI is InChI=1S/C17H26N2O3.ClH/c1-17(2,12-20)16(19-7-5-18-6-8-19)13-3-4-14-15(11-13)22-10-9-21-14;/h3-4,11,16,18,20H,5-10,12H2,1-2H3;1H/t16-;/m1./s1. The van der Waals surface area contributed by atoms with Crippen molar-refractivity contribution in [3.63, 3.8) is 0 Å². The predicted octanol–water partition coefficient (Wildman–Crippen LogP) is 1.84. The van der Waals surface area contributed by atoms with Gasteiger partial charge in [-0.25, -0.2) is 0 Å². The fourth-order valence-electron chi connectivity index (χ4n) is 3.41. The number of hydrogen-bond acceptors (Lipinski definition) is 5. The molecule has 0 unspecified atom stereocenters. The van der Waals surface area contributed by atoms with Crippen LogP contribution in [0.2, 0.25) is 0 Å². The minimum atomic E-state index is -0.221. The van der Waals surface area contributed by atoms with Gasteiger partial charge in [0.2, 0.25) is 0 Å². The van der Waals surface area contributed by atoms with Crippen LogP contribution in [0.5, 0.6) is 11.5 Å². The molecule has 0 aliphatic carbocycles. The summed E-state index contributed by atoms with van der Waals surface area (Å²) in [7, 11) is 0. The topological polar surface area (TPSA) is 54.0 Å². The molecule has 0 spiro atoms. The molecule has 2 aliphatic heterocycles. The van der Waals surface area contributed by atoms with E-state index in [4.69, 9.17) is 9.47 Å². The maximum Gasteiger partial charge on any atom is 0.161 e. The van der Waals surface area contributed by atoms with Crippen LogP contribution in [-0.2, 0) is 0 Å². The number of aliphatic hydroxyl groups excluding tert-OH is 1. The molecule has 1 aromatic carbocycles. The van der Waals surface area contributed by atoms with E-state index < -0.39 is 0 Å². The highest BCUT2D eigenvalue weighted by Gasteiger charge is 2.36. The van der Waals surface area contributed by atoms with Gasteiger partial charge in [-0.05, 0) is 17.7 Å². The molecule has 2 heterocycles. The van der Waals surface area contributed by atoms with Crippen LogP contribution in [0.4, 0.5) is 0 Å². The van der Waals surface area contributed by atoms with E-state index in [1.54, 1.807) is 0 Å². The number of fused-ring (bicyclic) bond motifs is 1. The number of aliphatic hydroxyl groups is 1. The fraction of sp³-hybridized carbons (Fsp3) is 0.647. The summed E-state index contributed by atoms with van der Waals surface area (Å²) in [5.74, 6) is 1.63. The molecule has 1 saturated heterocycles. The van der Waals surface area contributed by atoms with Crippen molar-refractivity contribution in [3.05, 3.63) is 23.8 Å². The zero-order valence-corrected chi connectivity index (χ0v) is 14.7. The molecular weight excluding hydrogens is 316 g/mol. The average molecular weight is 343 g/mol. The first-order valence-corrected chi connectivity index (χ1v) is 8.07. The zero-order valence-electron chi connectivity index (χ0n) is 13.9. The van der Waals surface area contributed by atoms with Gasteiger partial charge in [0.25, 0.3) is 0 Å². The molecule has 2 N–H and O–H groups in total. The molecular formula is C17H27ClN2O3. The Morgan fingerprint density at radius 2 is 1.83 bits per heavy atom. The third kappa shape index (κ3) is 3.91. The lowest BCUT2D eigenvalue weighted by Crippen LogP contribution is -2.49. The number of halogens is 1. The predicted molar refractivity (Wildman–Crippen MR) is 92.7 cm³/mol. The smallest absolute Gasteiger partial charge is 0.161 e. The molecule has 6 heteroatoms. The molecule has 0 bridgehead atoms. The van der Waals surface area contributed by atoms with E-state index >= 15 is 0 Å². The first-order chi connectivity index (χ1) is 10.6. The van der Waals surface area contributed by atoms with E-state index in [9.17, 15) is 5.11 Å². The molecule has 0 amide bonds. The van der Waals surface area contributed by atoms with Gasteiger partial charge in [-0.2, -0.15) is 0 Å². The van der Waals surface area contributed by atoms with E-state index in [0.717, 1.165) is 37.7 Å². The lowest BCUT2D eigenvalue weighted by Gasteiger charge is -2.43. The van der Waals surface area contributed by atoms with E-state index in [2.05, 4.69) is 36.2 Å². The molecule has 130 valence electrons. The summed E-state index contributed by atoms with van der Waals surface area (Å²) >= 11 is 0. The molecule has 23 heavy (non-hydrogen) atoms. The summed E-state index contributed by atoms with van der Waals surface area (Å²) < 4.78 is 11.3. The lowest BCUT2D eigenvalue weighted by atomic mass is 9.79. The SMILES string of the molecule is CC(C)(CO)[C@@H](c1ccc2c(c1)OCCO2)N1CCNCC1.Cl. The normalized spacial score (nSPS) is 19.8. The van der Waals surface area contributed by atoms with Gasteiger partial charge in [-0.3, -0.25) is 4.90 Å². The quantitative estimate of drug-likeness (QED) is 0.874. The first-order valence-electron chi connectivity index (χ1n) is 8.07. The Labute approximate surface area is 144 Å². The third-order valence-electron chi connectivity index (χ3n) is 4.55. The number of hydrogen-bond donors (Lipinski definition) is 2. The van der Waals surface area contributed by atoms with Gasteiger partial charge in [-0.15, -0.1) is 12.4 Å². The second-order valence-electron chi connectivity index (χ2n) is 6.74. The minimum Gasteiger partial charge on any atom is -0.486 e. The highest BCUT2D eigenvalue weighted by molar-refractivity contribution is 5.85. The van der Waals surface area contributed by atoms with Crippen molar-refractivity contribution in [2.45, 2.75) is 19.9 Å². The van der Waals surface area contributed by atoms with Gasteiger partial charge in [0.05, 0.1) is 0 Å². The van der Waals surface area contributed by atoms with Crippen LogP contribution in [0.3, 0.4) is 0 Å². The molecule has 0 saturated carbocycles. The van der Waals surface area contributed by atoms with Crippen LogP contribution in [0.25, 0.3) is 0 Å². The Morgan fingerprint density at radius 3 is 2.48 bits per heavy atom. The van der Waals surface area contributed by atoms with Crippen LogP contribution >= 0.6 is 12.4 Å². The molecule has 1 aromatic rings. The Bertz CT molecular complexity index is 519. The van der Waals surface area contributed by atoms with Gasteiger partial charge in [0.15, 0.2) is 11.5 Å². The van der Waals surface area contributed by atoms with E-state index in [1.165, 1.54) is 5.56 Å². The molecule has 0 aromatic heterocycles. The molecule has 2 aliphatic rings. The van der Waals surface area contributed by atoms with Gasteiger partial charge in [-0.1, -0.05) is 19.9 Å². The molecule has 5 nitrogen and oxygen atoms in total. The van der Waals surface area contributed by atoms with E-state index in [0.29, 0.717) is 13.2 Å². The Balaban J connectivity index is 0.00000192. The number of rotatable bonds is 4. The Hall–Kier alpha value is -1.01. The van der Waals surface area contributed by atoms with Crippen molar-refractivity contribution in [2.75, 3.05) is 46.0 Å². The summed E-state index contributed by atoms with van der Waals surface area (Å²) in [5, 5.41) is 13.3. The van der Waals surface area contributed by atoms with Gasteiger partial charge < -0.3 is 19.9 Å². The van der Waals surface area contributed by atoms with Crippen LogP contribution in [0.15, 0.2) is 18.2 Å². The van der Waals surface area contributed by atoms with Crippen molar-refractivity contribution in [3.8, 4) is 11.5 Å². The van der Waals surface area contributed by atoms with Crippen LogP contribution < -0.4 is 14.8 Å². The highest BCUT2D eigenvalue weighted by atomic mass is 35.5. The number of ether oxygens (including phenoxy) is 2. The van der Waals surface area contributed by atoms with Crippen molar-refractivity contribution in [1.82, 2.24) is 10.2 Å². The third-order valence-corrected chi connectivity index (χ3v) is 4.55. The van der Waals surface area contributed by atoms with E-state index in [1.807, 2.05) is 6.07 Å². The second-order valence-corrected chi connectivity index (χ2v) is 6.74. The molecule has 3 rings (SSSR count). The monoisotopic (exact) mass is 342 g/mol.